The van der Waals surface area contributed by atoms with Gasteiger partial charge in [-0.3, -0.25) is 0 Å². The van der Waals surface area contributed by atoms with E-state index in [4.69, 9.17) is 4.74 Å². The minimum atomic E-state index is 0.610. The summed E-state index contributed by atoms with van der Waals surface area (Å²) in [6, 6.07) is 10.3. The van der Waals surface area contributed by atoms with Gasteiger partial charge in [-0.25, -0.2) is 0 Å². The van der Waals surface area contributed by atoms with Crippen molar-refractivity contribution in [2.24, 2.45) is 0 Å². The summed E-state index contributed by atoms with van der Waals surface area (Å²) < 4.78 is 5.39. The molecule has 1 heterocycles. The molecule has 0 radical (unpaired) electrons. The van der Waals surface area contributed by atoms with Crippen LogP contribution in [0.15, 0.2) is 24.3 Å². The molecule has 1 aliphatic heterocycles. The van der Waals surface area contributed by atoms with Crippen LogP contribution in [0.4, 0.5) is 0 Å². The average molecular weight is 231 g/mol. The SMILES string of the molecule is Cc1ccc(C2CC(NC3CCOC3)C2)cc1. The summed E-state index contributed by atoms with van der Waals surface area (Å²) in [6.07, 6.45) is 3.77. The molecule has 0 spiro atoms. The summed E-state index contributed by atoms with van der Waals surface area (Å²) in [5.74, 6) is 0.774. The molecule has 1 aromatic rings. The van der Waals surface area contributed by atoms with Crippen LogP contribution in [0.25, 0.3) is 0 Å². The van der Waals surface area contributed by atoms with Crippen molar-refractivity contribution in [2.45, 2.75) is 44.2 Å². The fourth-order valence-corrected chi connectivity index (χ4v) is 2.86. The van der Waals surface area contributed by atoms with Crippen LogP contribution in [0.5, 0.6) is 0 Å². The zero-order valence-electron chi connectivity index (χ0n) is 10.5. The third-order valence-electron chi connectivity index (χ3n) is 4.09. The van der Waals surface area contributed by atoms with E-state index in [2.05, 4.69) is 36.5 Å². The van der Waals surface area contributed by atoms with Crippen molar-refractivity contribution in [1.29, 1.82) is 0 Å². The van der Waals surface area contributed by atoms with Gasteiger partial charge in [-0.1, -0.05) is 29.8 Å². The van der Waals surface area contributed by atoms with Gasteiger partial charge in [0.25, 0.3) is 0 Å². The highest BCUT2D eigenvalue weighted by atomic mass is 16.5. The number of nitrogens with one attached hydrogen (secondary N) is 1. The van der Waals surface area contributed by atoms with Gasteiger partial charge in [0, 0.05) is 18.7 Å². The number of aryl methyl sites for hydroxylation is 1. The molecular weight excluding hydrogens is 210 g/mol. The molecule has 1 aromatic carbocycles. The Morgan fingerprint density at radius 1 is 1.12 bits per heavy atom. The zero-order chi connectivity index (χ0) is 11.7. The van der Waals surface area contributed by atoms with Crippen LogP contribution >= 0.6 is 0 Å². The van der Waals surface area contributed by atoms with Crippen LogP contribution in [-0.4, -0.2) is 25.3 Å². The van der Waals surface area contributed by atoms with E-state index in [-0.39, 0.29) is 0 Å². The van der Waals surface area contributed by atoms with Crippen LogP contribution in [0.1, 0.15) is 36.3 Å². The summed E-state index contributed by atoms with van der Waals surface area (Å²) in [5, 5.41) is 3.70. The predicted molar refractivity (Wildman–Crippen MR) is 69.3 cm³/mol. The van der Waals surface area contributed by atoms with Crippen LogP contribution in [0.2, 0.25) is 0 Å². The fourth-order valence-electron chi connectivity index (χ4n) is 2.86. The van der Waals surface area contributed by atoms with Crippen LogP contribution in [0, 0.1) is 6.92 Å². The van der Waals surface area contributed by atoms with Crippen molar-refractivity contribution in [3.8, 4) is 0 Å². The van der Waals surface area contributed by atoms with Crippen molar-refractivity contribution in [3.05, 3.63) is 35.4 Å². The molecule has 0 aromatic heterocycles. The van der Waals surface area contributed by atoms with E-state index >= 15 is 0 Å². The van der Waals surface area contributed by atoms with Crippen molar-refractivity contribution in [2.75, 3.05) is 13.2 Å². The minimum absolute atomic E-state index is 0.610. The summed E-state index contributed by atoms with van der Waals surface area (Å²) in [5.41, 5.74) is 2.86. The molecule has 2 nitrogen and oxygen atoms in total. The Balaban J connectivity index is 1.49. The van der Waals surface area contributed by atoms with E-state index in [0.717, 1.165) is 19.1 Å². The van der Waals surface area contributed by atoms with Crippen LogP contribution < -0.4 is 5.32 Å². The van der Waals surface area contributed by atoms with Gasteiger partial charge in [-0.05, 0) is 37.7 Å². The van der Waals surface area contributed by atoms with Crippen molar-refractivity contribution < 1.29 is 4.74 Å². The Morgan fingerprint density at radius 3 is 2.53 bits per heavy atom. The monoisotopic (exact) mass is 231 g/mol. The molecule has 17 heavy (non-hydrogen) atoms. The van der Waals surface area contributed by atoms with E-state index in [0.29, 0.717) is 12.1 Å². The topological polar surface area (TPSA) is 21.3 Å². The van der Waals surface area contributed by atoms with Crippen LogP contribution in [0.3, 0.4) is 0 Å². The number of hydrogen-bond acceptors (Lipinski definition) is 2. The van der Waals surface area contributed by atoms with Gasteiger partial charge >= 0.3 is 0 Å². The molecule has 2 fully saturated rings. The molecule has 1 saturated carbocycles. The quantitative estimate of drug-likeness (QED) is 0.863. The highest BCUT2D eigenvalue weighted by Gasteiger charge is 2.32. The van der Waals surface area contributed by atoms with Crippen LogP contribution in [-0.2, 0) is 4.74 Å². The third-order valence-corrected chi connectivity index (χ3v) is 4.09. The standard InChI is InChI=1S/C15H21NO/c1-11-2-4-12(5-3-11)13-8-15(9-13)16-14-6-7-17-10-14/h2-5,13-16H,6-10H2,1H3. The van der Waals surface area contributed by atoms with Gasteiger partial charge in [0.15, 0.2) is 0 Å². The smallest absolute Gasteiger partial charge is 0.0620 e. The lowest BCUT2D eigenvalue weighted by Gasteiger charge is -2.38. The van der Waals surface area contributed by atoms with Gasteiger partial charge in [0.1, 0.15) is 0 Å². The molecule has 1 N–H and O–H groups in total. The molecule has 1 saturated heterocycles. The van der Waals surface area contributed by atoms with Gasteiger partial charge in [-0.15, -0.1) is 0 Å². The summed E-state index contributed by atoms with van der Waals surface area (Å²) in [6.45, 7) is 3.99. The molecule has 1 aliphatic carbocycles. The largest absolute Gasteiger partial charge is 0.380 e. The summed E-state index contributed by atoms with van der Waals surface area (Å²) >= 11 is 0. The number of rotatable bonds is 3. The molecule has 0 amide bonds. The Morgan fingerprint density at radius 2 is 1.88 bits per heavy atom. The van der Waals surface area contributed by atoms with Crippen molar-refractivity contribution in [3.63, 3.8) is 0 Å². The van der Waals surface area contributed by atoms with Gasteiger partial charge in [0.05, 0.1) is 6.61 Å². The Kier molecular flexibility index (Phi) is 3.17. The van der Waals surface area contributed by atoms with Gasteiger partial charge in [0.2, 0.25) is 0 Å². The first kappa shape index (κ1) is 11.2. The van der Waals surface area contributed by atoms with Gasteiger partial charge in [-0.2, -0.15) is 0 Å². The van der Waals surface area contributed by atoms with E-state index in [9.17, 15) is 0 Å². The molecule has 3 rings (SSSR count). The van der Waals surface area contributed by atoms with Crippen molar-refractivity contribution >= 4 is 0 Å². The first-order valence-corrected chi connectivity index (χ1v) is 6.71. The molecule has 2 heteroatoms. The number of ether oxygens (including phenoxy) is 1. The Bertz CT molecular complexity index is 361. The van der Waals surface area contributed by atoms with Gasteiger partial charge < -0.3 is 10.1 Å². The molecule has 2 aliphatic rings. The molecule has 1 unspecified atom stereocenters. The van der Waals surface area contributed by atoms with E-state index in [1.165, 1.54) is 30.4 Å². The normalized spacial score (nSPS) is 32.4. The predicted octanol–water partition coefficient (Wildman–Crippen LogP) is 2.62. The second-order valence-corrected chi connectivity index (χ2v) is 5.50. The lowest BCUT2D eigenvalue weighted by atomic mass is 9.75. The lowest BCUT2D eigenvalue weighted by Crippen LogP contribution is -2.45. The average Bonchev–Trinajstić information content (AvgIpc) is 2.77. The number of benzene rings is 1. The maximum atomic E-state index is 5.39. The molecule has 1 atom stereocenters. The minimum Gasteiger partial charge on any atom is -0.380 e. The maximum absolute atomic E-state index is 5.39. The van der Waals surface area contributed by atoms with E-state index in [1.54, 1.807) is 0 Å². The molecule has 92 valence electrons. The third kappa shape index (κ3) is 2.53. The van der Waals surface area contributed by atoms with E-state index in [1.807, 2.05) is 0 Å². The van der Waals surface area contributed by atoms with Crippen molar-refractivity contribution in [1.82, 2.24) is 5.32 Å². The molecule has 0 bridgehead atoms. The second-order valence-electron chi connectivity index (χ2n) is 5.50. The highest BCUT2D eigenvalue weighted by molar-refractivity contribution is 5.26. The maximum Gasteiger partial charge on any atom is 0.0620 e. The highest BCUT2D eigenvalue weighted by Crippen LogP contribution is 2.37. The Labute approximate surface area is 103 Å². The lowest BCUT2D eigenvalue weighted by molar-refractivity contribution is 0.180. The second kappa shape index (κ2) is 4.79. The first-order valence-electron chi connectivity index (χ1n) is 6.71. The number of hydrogen-bond donors (Lipinski definition) is 1. The fraction of sp³-hybridized carbons (Fsp3) is 0.600. The molecular formula is C15H21NO. The van der Waals surface area contributed by atoms with E-state index < -0.39 is 0 Å². The zero-order valence-corrected chi connectivity index (χ0v) is 10.5. The first-order chi connectivity index (χ1) is 8.31. The summed E-state index contributed by atoms with van der Waals surface area (Å²) in [4.78, 5) is 0. The summed E-state index contributed by atoms with van der Waals surface area (Å²) in [7, 11) is 0. The Hall–Kier alpha value is -0.860.